The second-order valence-electron chi connectivity index (χ2n) is 3.87. The molecule has 17 heavy (non-hydrogen) atoms. The minimum atomic E-state index is 0.210. The Hall–Kier alpha value is -1.33. The molecule has 1 atom stereocenters. The molecule has 0 spiro atoms. The Morgan fingerprint density at radius 3 is 3.29 bits per heavy atom. The first kappa shape index (κ1) is 12.1. The summed E-state index contributed by atoms with van der Waals surface area (Å²) in [4.78, 5) is 4.34. The van der Waals surface area contributed by atoms with Gasteiger partial charge in [-0.2, -0.15) is 4.98 Å². The Morgan fingerprint density at radius 2 is 2.53 bits per heavy atom. The van der Waals surface area contributed by atoms with Crippen LogP contribution >= 0.6 is 0 Å². The van der Waals surface area contributed by atoms with Crippen molar-refractivity contribution >= 4 is 5.82 Å². The van der Waals surface area contributed by atoms with Gasteiger partial charge < -0.3 is 20.1 Å². The van der Waals surface area contributed by atoms with Crippen molar-refractivity contribution in [3.05, 3.63) is 18.2 Å². The highest BCUT2D eigenvalue weighted by atomic mass is 16.5. The number of nitrogens with zero attached hydrogens (tertiary/aromatic N) is 1. The van der Waals surface area contributed by atoms with Crippen LogP contribution in [0.5, 0.6) is 5.88 Å². The first-order chi connectivity index (χ1) is 8.38. The third-order valence-corrected chi connectivity index (χ3v) is 2.53. The van der Waals surface area contributed by atoms with Gasteiger partial charge >= 0.3 is 0 Å². The van der Waals surface area contributed by atoms with E-state index in [2.05, 4.69) is 15.6 Å². The predicted molar refractivity (Wildman–Crippen MR) is 66.5 cm³/mol. The lowest BCUT2D eigenvalue weighted by Gasteiger charge is -2.23. The molecule has 2 N–H and O–H groups in total. The zero-order chi connectivity index (χ0) is 11.9. The van der Waals surface area contributed by atoms with Crippen LogP contribution in [0.15, 0.2) is 18.2 Å². The molecule has 0 amide bonds. The minimum Gasteiger partial charge on any atom is -0.478 e. The lowest BCUT2D eigenvalue weighted by molar-refractivity contribution is 0.0372. The number of pyridine rings is 1. The van der Waals surface area contributed by atoms with Gasteiger partial charge in [0.2, 0.25) is 5.88 Å². The number of hydrogen-bond acceptors (Lipinski definition) is 5. The van der Waals surface area contributed by atoms with Crippen molar-refractivity contribution < 1.29 is 9.47 Å². The average molecular weight is 237 g/mol. The largest absolute Gasteiger partial charge is 0.478 e. The topological polar surface area (TPSA) is 55.4 Å². The summed E-state index contributed by atoms with van der Waals surface area (Å²) in [7, 11) is 0. The number of aromatic nitrogens is 1. The normalized spacial score (nSPS) is 19.9. The summed E-state index contributed by atoms with van der Waals surface area (Å²) in [6, 6.07) is 5.71. The fraction of sp³-hybridized carbons (Fsp3) is 0.583. The molecule has 1 aromatic rings. The summed E-state index contributed by atoms with van der Waals surface area (Å²) >= 11 is 0. The van der Waals surface area contributed by atoms with Crippen LogP contribution in [0.25, 0.3) is 0 Å². The van der Waals surface area contributed by atoms with E-state index in [4.69, 9.17) is 9.47 Å². The lowest BCUT2D eigenvalue weighted by atomic mass is 10.3. The van der Waals surface area contributed by atoms with E-state index in [1.165, 1.54) is 0 Å². The van der Waals surface area contributed by atoms with E-state index in [-0.39, 0.29) is 6.10 Å². The monoisotopic (exact) mass is 237 g/mol. The number of hydrogen-bond donors (Lipinski definition) is 2. The molecule has 2 heterocycles. The van der Waals surface area contributed by atoms with Gasteiger partial charge in [-0.1, -0.05) is 6.07 Å². The van der Waals surface area contributed by atoms with E-state index in [0.29, 0.717) is 12.5 Å². The smallest absolute Gasteiger partial charge is 0.215 e. The zero-order valence-electron chi connectivity index (χ0n) is 10.1. The molecule has 0 radical (unpaired) electrons. The van der Waals surface area contributed by atoms with Crippen molar-refractivity contribution in [2.24, 2.45) is 0 Å². The molecule has 1 fully saturated rings. The molecule has 0 bridgehead atoms. The molecule has 5 heteroatoms. The highest BCUT2D eigenvalue weighted by Crippen LogP contribution is 2.11. The van der Waals surface area contributed by atoms with Gasteiger partial charge in [0.1, 0.15) is 5.82 Å². The molecule has 1 saturated heterocycles. The van der Waals surface area contributed by atoms with E-state index >= 15 is 0 Å². The molecule has 1 unspecified atom stereocenters. The van der Waals surface area contributed by atoms with Crippen LogP contribution in [0.1, 0.15) is 6.92 Å². The van der Waals surface area contributed by atoms with Crippen LogP contribution in [-0.4, -0.2) is 43.9 Å². The fourth-order valence-electron chi connectivity index (χ4n) is 1.71. The van der Waals surface area contributed by atoms with Crippen LogP contribution in [0.2, 0.25) is 0 Å². The molecule has 94 valence electrons. The second kappa shape index (κ2) is 6.42. The molecular formula is C12H19N3O2. The van der Waals surface area contributed by atoms with Crippen molar-refractivity contribution in [3.63, 3.8) is 0 Å². The summed E-state index contributed by atoms with van der Waals surface area (Å²) in [5.41, 5.74) is 0. The number of anilines is 1. The summed E-state index contributed by atoms with van der Waals surface area (Å²) in [6.07, 6.45) is 0.210. The maximum Gasteiger partial charge on any atom is 0.215 e. The predicted octanol–water partition coefficient (Wildman–Crippen LogP) is 0.881. The highest BCUT2D eigenvalue weighted by Gasteiger charge is 2.12. The molecule has 0 aliphatic carbocycles. The second-order valence-corrected chi connectivity index (χ2v) is 3.87. The summed E-state index contributed by atoms with van der Waals surface area (Å²) in [5.74, 6) is 1.48. The van der Waals surface area contributed by atoms with Gasteiger partial charge in [-0.15, -0.1) is 0 Å². The van der Waals surface area contributed by atoms with Crippen molar-refractivity contribution in [1.82, 2.24) is 10.3 Å². The van der Waals surface area contributed by atoms with Crippen molar-refractivity contribution in [3.8, 4) is 5.88 Å². The van der Waals surface area contributed by atoms with Crippen LogP contribution in [-0.2, 0) is 4.74 Å². The van der Waals surface area contributed by atoms with Gasteiger partial charge in [-0.3, -0.25) is 0 Å². The third kappa shape index (κ3) is 3.87. The van der Waals surface area contributed by atoms with Crippen LogP contribution in [0, 0.1) is 0 Å². The van der Waals surface area contributed by atoms with Crippen molar-refractivity contribution in [2.45, 2.75) is 13.0 Å². The maximum atomic E-state index is 5.59. The minimum absolute atomic E-state index is 0.210. The van der Waals surface area contributed by atoms with Gasteiger partial charge in [0.25, 0.3) is 0 Å². The number of rotatable bonds is 5. The average Bonchev–Trinajstić information content (AvgIpc) is 2.39. The molecular weight excluding hydrogens is 218 g/mol. The Balaban J connectivity index is 1.83. The van der Waals surface area contributed by atoms with E-state index in [0.717, 1.165) is 32.1 Å². The SMILES string of the molecule is CCOc1cccc(NCC2CNCCO2)n1. The molecule has 2 rings (SSSR count). The lowest BCUT2D eigenvalue weighted by Crippen LogP contribution is -2.42. The van der Waals surface area contributed by atoms with E-state index in [9.17, 15) is 0 Å². The van der Waals surface area contributed by atoms with Crippen molar-refractivity contribution in [1.29, 1.82) is 0 Å². The van der Waals surface area contributed by atoms with Crippen LogP contribution in [0.4, 0.5) is 5.82 Å². The maximum absolute atomic E-state index is 5.59. The van der Waals surface area contributed by atoms with Gasteiger partial charge in [0.05, 0.1) is 19.3 Å². The summed E-state index contributed by atoms with van der Waals surface area (Å²) < 4.78 is 10.9. The zero-order valence-corrected chi connectivity index (χ0v) is 10.1. The van der Waals surface area contributed by atoms with E-state index in [1.807, 2.05) is 25.1 Å². The van der Waals surface area contributed by atoms with Gasteiger partial charge in [0.15, 0.2) is 0 Å². The Morgan fingerprint density at radius 1 is 1.59 bits per heavy atom. The van der Waals surface area contributed by atoms with E-state index < -0.39 is 0 Å². The molecule has 1 aromatic heterocycles. The quantitative estimate of drug-likeness (QED) is 0.796. The van der Waals surface area contributed by atoms with Crippen molar-refractivity contribution in [2.75, 3.05) is 38.2 Å². The summed E-state index contributed by atoms with van der Waals surface area (Å²) in [5, 5.41) is 6.55. The highest BCUT2D eigenvalue weighted by molar-refractivity contribution is 5.37. The Labute approximate surface area is 102 Å². The van der Waals surface area contributed by atoms with E-state index in [1.54, 1.807) is 0 Å². The molecule has 1 aliphatic heterocycles. The van der Waals surface area contributed by atoms with Gasteiger partial charge in [-0.25, -0.2) is 0 Å². The van der Waals surface area contributed by atoms with Gasteiger partial charge in [0, 0.05) is 25.7 Å². The summed E-state index contributed by atoms with van der Waals surface area (Å²) in [6.45, 7) is 5.94. The molecule has 5 nitrogen and oxygen atoms in total. The first-order valence-corrected chi connectivity index (χ1v) is 6.04. The number of nitrogens with one attached hydrogen (secondary N) is 2. The number of ether oxygens (including phenoxy) is 2. The number of morpholine rings is 1. The standard InChI is InChI=1S/C12H19N3O2/c1-2-16-12-5-3-4-11(15-12)14-9-10-8-13-6-7-17-10/h3-5,10,13H,2,6-9H2,1H3,(H,14,15). The first-order valence-electron chi connectivity index (χ1n) is 6.04. The van der Waals surface area contributed by atoms with Crippen LogP contribution in [0.3, 0.4) is 0 Å². The molecule has 0 aromatic carbocycles. The third-order valence-electron chi connectivity index (χ3n) is 2.53. The Kier molecular flexibility index (Phi) is 4.58. The fourth-order valence-corrected chi connectivity index (χ4v) is 1.71. The van der Waals surface area contributed by atoms with Gasteiger partial charge in [-0.05, 0) is 13.0 Å². The van der Waals surface area contributed by atoms with Crippen LogP contribution < -0.4 is 15.4 Å². The molecule has 0 saturated carbocycles. The molecule has 1 aliphatic rings. The Bertz CT molecular complexity index is 340.